The number of nitrogens with zero attached hydrogens (tertiary/aromatic N) is 1. The first-order chi connectivity index (χ1) is 10.2. The Kier molecular flexibility index (Phi) is 2.91. The second-order valence-corrected chi connectivity index (χ2v) is 6.86. The van der Waals surface area contributed by atoms with Crippen LogP contribution in [0.1, 0.15) is 44.3 Å². The van der Waals surface area contributed by atoms with E-state index in [4.69, 9.17) is 11.6 Å². The van der Waals surface area contributed by atoms with Crippen LogP contribution >= 0.6 is 22.9 Å². The third kappa shape index (κ3) is 1.86. The molecule has 4 rings (SSSR count). The van der Waals surface area contributed by atoms with Crippen molar-refractivity contribution in [2.45, 2.75) is 18.9 Å². The van der Waals surface area contributed by atoms with Crippen molar-refractivity contribution >= 4 is 34.6 Å². The minimum atomic E-state index is -0.131. The third-order valence-electron chi connectivity index (χ3n) is 4.31. The summed E-state index contributed by atoms with van der Waals surface area (Å²) in [5.74, 6) is 0.102. The maximum Gasteiger partial charge on any atom is 0.254 e. The Bertz CT molecular complexity index is 767. The predicted octanol–water partition coefficient (Wildman–Crippen LogP) is 3.73. The van der Waals surface area contributed by atoms with Gasteiger partial charge in [0.25, 0.3) is 5.91 Å². The maximum atomic E-state index is 12.5. The van der Waals surface area contributed by atoms with Crippen LogP contribution in [-0.4, -0.2) is 23.1 Å². The Morgan fingerprint density at radius 1 is 1.19 bits per heavy atom. The summed E-state index contributed by atoms with van der Waals surface area (Å²) in [5.41, 5.74) is 3.33. The van der Waals surface area contributed by atoms with Crippen LogP contribution in [0.5, 0.6) is 0 Å². The average Bonchev–Trinajstić information content (AvgIpc) is 2.95. The largest absolute Gasteiger partial charge is 0.331 e. The van der Waals surface area contributed by atoms with Gasteiger partial charge in [0.2, 0.25) is 0 Å². The average molecular weight is 318 g/mol. The van der Waals surface area contributed by atoms with Crippen molar-refractivity contribution in [3.63, 3.8) is 0 Å². The van der Waals surface area contributed by atoms with Crippen LogP contribution in [0.15, 0.2) is 29.6 Å². The van der Waals surface area contributed by atoms with Crippen molar-refractivity contribution in [1.82, 2.24) is 4.90 Å². The van der Waals surface area contributed by atoms with Crippen molar-refractivity contribution in [1.29, 1.82) is 0 Å². The number of hydrogen-bond acceptors (Lipinski definition) is 3. The Hall–Kier alpha value is -1.65. The lowest BCUT2D eigenvalue weighted by atomic mass is 9.94. The summed E-state index contributed by atoms with van der Waals surface area (Å²) in [4.78, 5) is 26.9. The van der Waals surface area contributed by atoms with Gasteiger partial charge in [0, 0.05) is 29.5 Å². The fourth-order valence-electron chi connectivity index (χ4n) is 3.27. The minimum absolute atomic E-state index is 0.0261. The summed E-state index contributed by atoms with van der Waals surface area (Å²) in [7, 11) is 0. The van der Waals surface area contributed by atoms with E-state index in [0.717, 1.165) is 22.3 Å². The van der Waals surface area contributed by atoms with Crippen molar-refractivity contribution in [3.8, 4) is 0 Å². The zero-order valence-electron chi connectivity index (χ0n) is 11.1. The number of carbonyl (C=O) groups excluding carboxylic acids is 2. The molecule has 5 heteroatoms. The van der Waals surface area contributed by atoms with Gasteiger partial charge in [0.15, 0.2) is 5.78 Å². The monoisotopic (exact) mass is 317 g/mol. The molecule has 0 saturated heterocycles. The van der Waals surface area contributed by atoms with Gasteiger partial charge >= 0.3 is 0 Å². The van der Waals surface area contributed by atoms with Crippen molar-refractivity contribution in [3.05, 3.63) is 56.2 Å². The van der Waals surface area contributed by atoms with Crippen molar-refractivity contribution < 1.29 is 9.59 Å². The molecule has 1 aromatic heterocycles. The number of thiophene rings is 1. The van der Waals surface area contributed by atoms with E-state index in [1.807, 2.05) is 34.5 Å². The first kappa shape index (κ1) is 13.0. The Balaban J connectivity index is 1.80. The number of ketones is 1. The highest BCUT2D eigenvalue weighted by Crippen LogP contribution is 2.40. The highest BCUT2D eigenvalue weighted by Gasteiger charge is 2.39. The van der Waals surface area contributed by atoms with Gasteiger partial charge in [-0.3, -0.25) is 9.59 Å². The van der Waals surface area contributed by atoms with Crippen LogP contribution in [0.25, 0.3) is 0 Å². The quantitative estimate of drug-likeness (QED) is 0.742. The lowest BCUT2D eigenvalue weighted by Crippen LogP contribution is -2.33. The highest BCUT2D eigenvalue weighted by molar-refractivity contribution is 7.14. The molecule has 0 radical (unpaired) electrons. The summed E-state index contributed by atoms with van der Waals surface area (Å²) in [6, 6.07) is 7.45. The molecule has 0 saturated carbocycles. The van der Waals surface area contributed by atoms with Crippen molar-refractivity contribution in [2.24, 2.45) is 0 Å². The lowest BCUT2D eigenvalue weighted by Gasteiger charge is -2.27. The number of rotatable bonds is 0. The van der Waals surface area contributed by atoms with E-state index in [2.05, 4.69) is 0 Å². The highest BCUT2D eigenvalue weighted by atomic mass is 35.5. The lowest BCUT2D eigenvalue weighted by molar-refractivity contribution is 0.0699. The second kappa shape index (κ2) is 4.68. The molecule has 1 amide bonds. The van der Waals surface area contributed by atoms with Crippen molar-refractivity contribution in [2.75, 3.05) is 6.54 Å². The molecule has 2 aliphatic heterocycles. The number of amides is 1. The van der Waals surface area contributed by atoms with E-state index in [1.165, 1.54) is 11.3 Å². The molecule has 3 heterocycles. The van der Waals surface area contributed by atoms with Gasteiger partial charge in [-0.15, -0.1) is 11.3 Å². The summed E-state index contributed by atoms with van der Waals surface area (Å²) in [6.45, 7) is 0.606. The van der Waals surface area contributed by atoms with Crippen LogP contribution in [0, 0.1) is 0 Å². The number of benzene rings is 1. The molecular formula is C16H12ClNO2S. The molecule has 0 fully saturated rings. The molecule has 0 N–H and O–H groups in total. The molecule has 0 spiro atoms. The van der Waals surface area contributed by atoms with E-state index < -0.39 is 0 Å². The number of fused-ring (bicyclic) bond motifs is 4. The molecule has 21 heavy (non-hydrogen) atoms. The van der Waals surface area contributed by atoms with E-state index in [1.54, 1.807) is 0 Å². The maximum absolute atomic E-state index is 12.5. The second-order valence-electron chi connectivity index (χ2n) is 5.38. The van der Waals surface area contributed by atoms with Gasteiger partial charge in [-0.2, -0.15) is 0 Å². The molecule has 1 atom stereocenters. The smallest absolute Gasteiger partial charge is 0.254 e. The van der Waals surface area contributed by atoms with Gasteiger partial charge in [-0.25, -0.2) is 0 Å². The predicted molar refractivity (Wildman–Crippen MR) is 82.2 cm³/mol. The van der Waals surface area contributed by atoms with Gasteiger partial charge in [0.05, 0.1) is 10.4 Å². The SMILES string of the molecule is O=C1CC2c3ccccc3C(=O)N2CCc2c1csc2Cl. The number of Topliss-reactive ketones (excluding diaryl/α,β-unsaturated/α-hetero) is 1. The van der Waals surface area contributed by atoms with Gasteiger partial charge < -0.3 is 4.90 Å². The summed E-state index contributed by atoms with van der Waals surface area (Å²) >= 11 is 7.58. The van der Waals surface area contributed by atoms with Crippen LogP contribution in [0.4, 0.5) is 0 Å². The van der Waals surface area contributed by atoms with Gasteiger partial charge in [0.1, 0.15) is 0 Å². The molecule has 2 aromatic rings. The number of hydrogen-bond donors (Lipinski definition) is 0. The Morgan fingerprint density at radius 3 is 2.86 bits per heavy atom. The number of carbonyl (C=O) groups is 2. The standard InChI is InChI=1S/C16H12ClNO2S/c17-15-10-5-6-18-13(7-14(19)12(10)8-21-15)9-3-1-2-4-11(9)16(18)20/h1-4,8,13H,5-7H2. The first-order valence-corrected chi connectivity index (χ1v) is 8.11. The normalized spacial score (nSPS) is 20.6. The molecule has 2 aliphatic rings. The summed E-state index contributed by atoms with van der Waals surface area (Å²) in [5, 5.41) is 1.85. The van der Waals surface area contributed by atoms with E-state index >= 15 is 0 Å². The van der Waals surface area contributed by atoms with Crippen LogP contribution in [0.3, 0.4) is 0 Å². The van der Waals surface area contributed by atoms with E-state index in [0.29, 0.717) is 23.7 Å². The van der Waals surface area contributed by atoms with E-state index in [9.17, 15) is 9.59 Å². The van der Waals surface area contributed by atoms with Crippen LogP contribution in [-0.2, 0) is 6.42 Å². The molecular weight excluding hydrogens is 306 g/mol. The Labute approximate surface area is 131 Å². The Morgan fingerprint density at radius 2 is 2.00 bits per heavy atom. The molecule has 106 valence electrons. The summed E-state index contributed by atoms with van der Waals surface area (Å²) in [6.07, 6.45) is 0.975. The van der Waals surface area contributed by atoms with Gasteiger partial charge in [-0.1, -0.05) is 29.8 Å². The fraction of sp³-hybridized carbons (Fsp3) is 0.250. The van der Waals surface area contributed by atoms with E-state index in [-0.39, 0.29) is 17.7 Å². The molecule has 0 aliphatic carbocycles. The fourth-order valence-corrected chi connectivity index (χ4v) is 4.45. The first-order valence-electron chi connectivity index (χ1n) is 6.86. The van der Waals surface area contributed by atoms with Crippen LogP contribution < -0.4 is 0 Å². The van der Waals surface area contributed by atoms with Gasteiger partial charge in [-0.05, 0) is 23.6 Å². The zero-order valence-corrected chi connectivity index (χ0v) is 12.7. The molecule has 3 nitrogen and oxygen atoms in total. The topological polar surface area (TPSA) is 37.4 Å². The van der Waals surface area contributed by atoms with Crippen LogP contribution in [0.2, 0.25) is 4.34 Å². The summed E-state index contributed by atoms with van der Waals surface area (Å²) < 4.78 is 0.668. The molecule has 1 unspecified atom stereocenters. The third-order valence-corrected chi connectivity index (χ3v) is 5.61. The molecule has 0 bridgehead atoms. The molecule has 1 aromatic carbocycles. The minimum Gasteiger partial charge on any atom is -0.331 e. The number of halogens is 1. The zero-order chi connectivity index (χ0) is 14.6.